The Labute approximate surface area is 200 Å². The fourth-order valence-electron chi connectivity index (χ4n) is 3.55. The van der Waals surface area contributed by atoms with Crippen molar-refractivity contribution in [3.63, 3.8) is 0 Å². The van der Waals surface area contributed by atoms with Crippen LogP contribution >= 0.6 is 34.5 Å². The number of thiophene rings is 1. The number of ether oxygens (including phenoxy) is 2. The minimum Gasteiger partial charge on any atom is -0.495 e. The summed E-state index contributed by atoms with van der Waals surface area (Å²) in [5.41, 5.74) is -0.182. The first-order valence-corrected chi connectivity index (χ1v) is 11.1. The first-order valence-electron chi connectivity index (χ1n) is 9.51. The van der Waals surface area contributed by atoms with Gasteiger partial charge in [-0.05, 0) is 11.4 Å². The number of anilines is 2. The topological polar surface area (TPSA) is 77.4 Å². The third-order valence-electron chi connectivity index (χ3n) is 5.12. The summed E-state index contributed by atoms with van der Waals surface area (Å²) in [6, 6.07) is 3.77. The van der Waals surface area contributed by atoms with Gasteiger partial charge in [0.05, 0.1) is 31.0 Å². The molecule has 2 N–H and O–H groups in total. The van der Waals surface area contributed by atoms with Crippen molar-refractivity contribution >= 4 is 52.0 Å². The lowest BCUT2D eigenvalue weighted by molar-refractivity contribution is -0.173. The first kappa shape index (κ1) is 23.5. The molecule has 0 aliphatic carbocycles. The summed E-state index contributed by atoms with van der Waals surface area (Å²) in [5, 5.41) is 11.3. The number of halogens is 5. The molecule has 3 aromatic rings. The van der Waals surface area contributed by atoms with E-state index in [9.17, 15) is 18.0 Å². The number of hydrogen-bond donors (Lipinski definition) is 2. The molecule has 2 atom stereocenters. The Bertz CT molecular complexity index is 1180. The maximum atomic E-state index is 13.9. The number of aromatic nitrogens is 2. The van der Waals surface area contributed by atoms with Gasteiger partial charge in [0.25, 0.3) is 5.91 Å². The van der Waals surface area contributed by atoms with E-state index in [1.165, 1.54) is 37.7 Å². The molecule has 13 heteroatoms. The second-order valence-electron chi connectivity index (χ2n) is 7.10. The minimum atomic E-state index is -4.60. The fraction of sp³-hybridized carbons (Fsp3) is 0.300. The van der Waals surface area contributed by atoms with Crippen LogP contribution in [0.3, 0.4) is 0 Å². The SMILES string of the molecule is COc1cc(NC(=O)c2nn3c(c2Cl)N[C@H](c2cccs2)C[C@H]3C(F)(F)F)c(OC)cc1Cl. The van der Waals surface area contributed by atoms with E-state index in [4.69, 9.17) is 32.7 Å². The molecule has 0 radical (unpaired) electrons. The molecule has 0 spiro atoms. The van der Waals surface area contributed by atoms with E-state index in [1.54, 1.807) is 17.5 Å². The van der Waals surface area contributed by atoms with E-state index in [1.807, 2.05) is 0 Å². The molecule has 3 heterocycles. The standard InChI is InChI=1S/C20H17Cl2F3N4O3S/c1-31-12-7-10(13(32-2)6-9(12)21)27-19(30)17-16(22)18-26-11(14-4-3-5-33-14)8-15(20(23,24)25)29(18)28-17/h3-7,11,15,26H,8H2,1-2H3,(H,27,30)/t11-,15-/m0/s1. The molecule has 176 valence electrons. The number of carbonyl (C=O) groups excluding carboxylic acids is 1. The van der Waals surface area contributed by atoms with Crippen LogP contribution in [0.5, 0.6) is 11.5 Å². The number of benzene rings is 1. The Morgan fingerprint density at radius 3 is 2.61 bits per heavy atom. The lowest BCUT2D eigenvalue weighted by Crippen LogP contribution is -2.35. The minimum absolute atomic E-state index is 0.0746. The van der Waals surface area contributed by atoms with Gasteiger partial charge in [0.2, 0.25) is 0 Å². The average Bonchev–Trinajstić information content (AvgIpc) is 3.42. The average molecular weight is 521 g/mol. The number of alkyl halides is 3. The highest BCUT2D eigenvalue weighted by molar-refractivity contribution is 7.10. The van der Waals surface area contributed by atoms with Crippen molar-refractivity contribution in [2.45, 2.75) is 24.7 Å². The maximum Gasteiger partial charge on any atom is 0.410 e. The summed E-state index contributed by atoms with van der Waals surface area (Å²) in [6.07, 6.45) is -4.89. The number of rotatable bonds is 5. The lowest BCUT2D eigenvalue weighted by Gasteiger charge is -2.32. The van der Waals surface area contributed by atoms with Gasteiger partial charge in [-0.15, -0.1) is 11.3 Å². The van der Waals surface area contributed by atoms with Gasteiger partial charge >= 0.3 is 6.18 Å². The molecule has 4 rings (SSSR count). The van der Waals surface area contributed by atoms with Crippen molar-refractivity contribution in [3.05, 3.63) is 50.3 Å². The second-order valence-corrected chi connectivity index (χ2v) is 8.87. The fourth-order valence-corrected chi connectivity index (χ4v) is 4.84. The molecule has 1 amide bonds. The zero-order chi connectivity index (χ0) is 23.9. The molecule has 1 aromatic carbocycles. The van der Waals surface area contributed by atoms with E-state index < -0.39 is 24.2 Å². The monoisotopic (exact) mass is 520 g/mol. The third-order valence-corrected chi connectivity index (χ3v) is 6.76. The number of nitrogens with zero attached hydrogens (tertiary/aromatic N) is 2. The molecule has 0 bridgehead atoms. The van der Waals surface area contributed by atoms with E-state index in [0.29, 0.717) is 0 Å². The number of amides is 1. The van der Waals surface area contributed by atoms with Crippen LogP contribution in [0.4, 0.5) is 24.7 Å². The van der Waals surface area contributed by atoms with Crippen molar-refractivity contribution in [3.8, 4) is 11.5 Å². The normalized spacial score (nSPS) is 17.8. The van der Waals surface area contributed by atoms with Crippen molar-refractivity contribution < 1.29 is 27.4 Å². The predicted octanol–water partition coefficient (Wildman–Crippen LogP) is 6.18. The van der Waals surface area contributed by atoms with Crippen molar-refractivity contribution in [1.82, 2.24) is 9.78 Å². The zero-order valence-corrected chi connectivity index (χ0v) is 19.5. The highest BCUT2D eigenvalue weighted by atomic mass is 35.5. The van der Waals surface area contributed by atoms with Crippen molar-refractivity contribution in [2.75, 3.05) is 24.9 Å². The number of fused-ring (bicyclic) bond motifs is 1. The summed E-state index contributed by atoms with van der Waals surface area (Å²) in [5.74, 6) is -0.409. The molecular formula is C20H17Cl2F3N4O3S. The van der Waals surface area contributed by atoms with Crippen LogP contribution in [-0.2, 0) is 0 Å². The molecule has 1 aliphatic rings. The van der Waals surface area contributed by atoms with Gasteiger partial charge in [0.1, 0.15) is 22.3 Å². The Morgan fingerprint density at radius 1 is 1.27 bits per heavy atom. The Hall–Kier alpha value is -2.63. The largest absolute Gasteiger partial charge is 0.495 e. The highest BCUT2D eigenvalue weighted by Crippen LogP contribution is 2.47. The second kappa shape index (κ2) is 8.96. The van der Waals surface area contributed by atoms with Gasteiger partial charge in [0.15, 0.2) is 11.7 Å². The van der Waals surface area contributed by atoms with Gasteiger partial charge in [0, 0.05) is 23.4 Å². The van der Waals surface area contributed by atoms with E-state index >= 15 is 0 Å². The molecule has 1 aliphatic heterocycles. The molecular weight excluding hydrogens is 504 g/mol. The van der Waals surface area contributed by atoms with Crippen LogP contribution in [0.1, 0.15) is 33.9 Å². The van der Waals surface area contributed by atoms with Crippen LogP contribution < -0.4 is 20.1 Å². The van der Waals surface area contributed by atoms with E-state index in [-0.39, 0.29) is 45.2 Å². The number of carbonyl (C=O) groups is 1. The molecule has 0 unspecified atom stereocenters. The third kappa shape index (κ3) is 4.44. The number of methoxy groups -OCH3 is 2. The number of hydrogen-bond acceptors (Lipinski definition) is 6. The number of nitrogens with one attached hydrogen (secondary N) is 2. The van der Waals surface area contributed by atoms with E-state index in [0.717, 1.165) is 9.56 Å². The van der Waals surface area contributed by atoms with Gasteiger partial charge < -0.3 is 20.1 Å². The van der Waals surface area contributed by atoms with E-state index in [2.05, 4.69) is 15.7 Å². The smallest absolute Gasteiger partial charge is 0.410 e. The first-order chi connectivity index (χ1) is 15.6. The zero-order valence-electron chi connectivity index (χ0n) is 17.2. The van der Waals surface area contributed by atoms with Crippen LogP contribution in [0.25, 0.3) is 0 Å². The summed E-state index contributed by atoms with van der Waals surface area (Å²) in [7, 11) is 2.77. The van der Waals surface area contributed by atoms with Crippen LogP contribution in [-0.4, -0.2) is 36.1 Å². The molecule has 2 aromatic heterocycles. The summed E-state index contributed by atoms with van der Waals surface area (Å²) in [6.45, 7) is 0. The van der Waals surface area contributed by atoms with Crippen LogP contribution in [0, 0.1) is 0 Å². The van der Waals surface area contributed by atoms with Gasteiger partial charge in [-0.2, -0.15) is 18.3 Å². The van der Waals surface area contributed by atoms with Gasteiger partial charge in [-0.1, -0.05) is 29.3 Å². The Balaban J connectivity index is 1.71. The molecule has 0 saturated heterocycles. The summed E-state index contributed by atoms with van der Waals surface area (Å²) < 4.78 is 52.7. The Kier molecular flexibility index (Phi) is 6.39. The maximum absolute atomic E-state index is 13.9. The predicted molar refractivity (Wildman–Crippen MR) is 120 cm³/mol. The Morgan fingerprint density at radius 2 is 2.00 bits per heavy atom. The summed E-state index contributed by atoms with van der Waals surface area (Å²) in [4.78, 5) is 13.7. The molecule has 33 heavy (non-hydrogen) atoms. The quantitative estimate of drug-likeness (QED) is 0.419. The van der Waals surface area contributed by atoms with Crippen LogP contribution in [0.2, 0.25) is 10.0 Å². The van der Waals surface area contributed by atoms with Crippen LogP contribution in [0.15, 0.2) is 29.6 Å². The van der Waals surface area contributed by atoms with Gasteiger partial charge in [-0.3, -0.25) is 4.79 Å². The highest BCUT2D eigenvalue weighted by Gasteiger charge is 2.48. The van der Waals surface area contributed by atoms with Crippen molar-refractivity contribution in [1.29, 1.82) is 0 Å². The molecule has 0 fully saturated rings. The summed E-state index contributed by atoms with van der Waals surface area (Å²) >= 11 is 13.8. The molecule has 7 nitrogen and oxygen atoms in total. The van der Waals surface area contributed by atoms with Gasteiger partial charge in [-0.25, -0.2) is 4.68 Å². The van der Waals surface area contributed by atoms with Crippen molar-refractivity contribution in [2.24, 2.45) is 0 Å². The molecule has 0 saturated carbocycles. The lowest BCUT2D eigenvalue weighted by atomic mass is 10.0.